The molecule has 0 unspecified atom stereocenters. The lowest BCUT2D eigenvalue weighted by Crippen LogP contribution is -2.23. The fourth-order valence-electron chi connectivity index (χ4n) is 3.25. The van der Waals surface area contributed by atoms with Crippen LogP contribution in [0, 0.1) is 11.6 Å². The summed E-state index contributed by atoms with van der Waals surface area (Å²) < 4.78 is 67.9. The highest BCUT2D eigenvalue weighted by Crippen LogP contribution is 2.38. The first-order chi connectivity index (χ1) is 17.4. The number of hydrogen-bond acceptors (Lipinski definition) is 8. The van der Waals surface area contributed by atoms with Crippen LogP contribution in [0.1, 0.15) is 27.6 Å². The standard InChI is InChI=1S/C24H21ClF2N2O7S/c1-12(10-28)36-21-4-3-14(24(32)35-2)7-16(21)15-8-20(19(27)9-18(15)26)29-37(33,34)22-6-13(11-30)5-17(25)23(22)31/h3-9,11-12,29,31H,10,28H2,1-2H3/t12-/m0/s1. The van der Waals surface area contributed by atoms with E-state index in [4.69, 9.17) is 26.8 Å². The number of nitrogens with one attached hydrogen (secondary N) is 1. The third kappa shape index (κ3) is 5.98. The summed E-state index contributed by atoms with van der Waals surface area (Å²) in [5.74, 6) is -3.93. The van der Waals surface area contributed by atoms with Crippen LogP contribution in [0.15, 0.2) is 47.4 Å². The molecular formula is C24H21ClF2N2O7S. The minimum Gasteiger partial charge on any atom is -0.505 e. The third-order valence-electron chi connectivity index (χ3n) is 5.13. The maximum atomic E-state index is 15.0. The SMILES string of the molecule is COC(=O)c1ccc(O[C@@H](C)CN)c(-c2cc(NS(=O)(=O)c3cc(C=O)cc(Cl)c3O)c(F)cc2F)c1. The van der Waals surface area contributed by atoms with Crippen molar-refractivity contribution in [2.24, 2.45) is 5.73 Å². The molecule has 0 aliphatic rings. The van der Waals surface area contributed by atoms with Gasteiger partial charge >= 0.3 is 5.97 Å². The molecule has 0 heterocycles. The number of benzene rings is 3. The lowest BCUT2D eigenvalue weighted by molar-refractivity contribution is 0.0600. The minimum absolute atomic E-state index is 0.0151. The van der Waals surface area contributed by atoms with Gasteiger partial charge in [-0.15, -0.1) is 0 Å². The molecule has 0 fully saturated rings. The maximum absolute atomic E-state index is 15.0. The summed E-state index contributed by atoms with van der Waals surface area (Å²) in [4.78, 5) is 22.4. The summed E-state index contributed by atoms with van der Waals surface area (Å²) in [5.41, 5.74) is 4.40. The highest BCUT2D eigenvalue weighted by atomic mass is 35.5. The summed E-state index contributed by atoms with van der Waals surface area (Å²) >= 11 is 5.80. The molecule has 0 spiro atoms. The van der Waals surface area contributed by atoms with Crippen LogP contribution in [0.3, 0.4) is 0 Å². The third-order valence-corrected chi connectivity index (χ3v) is 6.80. The normalized spacial score (nSPS) is 12.1. The first kappa shape index (κ1) is 27.8. The Hall–Kier alpha value is -3.74. The molecular weight excluding hydrogens is 534 g/mol. The molecule has 0 aromatic heterocycles. The van der Waals surface area contributed by atoms with E-state index in [-0.39, 0.29) is 34.5 Å². The number of esters is 1. The molecule has 3 aromatic carbocycles. The van der Waals surface area contributed by atoms with Crippen molar-refractivity contribution in [1.29, 1.82) is 0 Å². The highest BCUT2D eigenvalue weighted by Gasteiger charge is 2.25. The van der Waals surface area contributed by atoms with E-state index in [1.807, 2.05) is 4.72 Å². The lowest BCUT2D eigenvalue weighted by Gasteiger charge is -2.18. The van der Waals surface area contributed by atoms with Gasteiger partial charge < -0.3 is 20.3 Å². The summed E-state index contributed by atoms with van der Waals surface area (Å²) in [6, 6.07) is 7.12. The van der Waals surface area contributed by atoms with Crippen molar-refractivity contribution in [3.8, 4) is 22.6 Å². The first-order valence-electron chi connectivity index (χ1n) is 10.5. The molecule has 0 radical (unpaired) electrons. The van der Waals surface area contributed by atoms with Crippen molar-refractivity contribution in [2.75, 3.05) is 18.4 Å². The molecule has 0 saturated carbocycles. The number of phenols is 1. The van der Waals surface area contributed by atoms with Gasteiger partial charge in [0.25, 0.3) is 10.0 Å². The predicted molar refractivity (Wildman–Crippen MR) is 132 cm³/mol. The summed E-state index contributed by atoms with van der Waals surface area (Å²) in [6.45, 7) is 1.74. The number of rotatable bonds is 9. The molecule has 0 aliphatic heterocycles. The topological polar surface area (TPSA) is 145 Å². The Bertz CT molecular complexity index is 1480. The second kappa shape index (κ2) is 11.1. The van der Waals surface area contributed by atoms with Gasteiger partial charge in [0.05, 0.1) is 23.4 Å². The predicted octanol–water partition coefficient (Wildman–Crippen LogP) is 4.12. The van der Waals surface area contributed by atoms with Crippen molar-refractivity contribution < 1.29 is 41.4 Å². The van der Waals surface area contributed by atoms with E-state index in [0.717, 1.165) is 25.3 Å². The average molecular weight is 555 g/mol. The number of halogens is 3. The maximum Gasteiger partial charge on any atom is 0.337 e. The number of ether oxygens (including phenoxy) is 2. The van der Waals surface area contributed by atoms with E-state index in [0.29, 0.717) is 12.4 Å². The van der Waals surface area contributed by atoms with Gasteiger partial charge in [0.15, 0.2) is 5.75 Å². The smallest absolute Gasteiger partial charge is 0.337 e. The molecule has 196 valence electrons. The van der Waals surface area contributed by atoms with Crippen molar-refractivity contribution in [1.82, 2.24) is 0 Å². The lowest BCUT2D eigenvalue weighted by atomic mass is 10.0. The Kier molecular flexibility index (Phi) is 8.36. The van der Waals surface area contributed by atoms with E-state index in [1.54, 1.807) is 6.92 Å². The van der Waals surface area contributed by atoms with Crippen LogP contribution in [-0.2, 0) is 14.8 Å². The van der Waals surface area contributed by atoms with E-state index in [2.05, 4.69) is 0 Å². The van der Waals surface area contributed by atoms with Crippen molar-refractivity contribution in [2.45, 2.75) is 17.9 Å². The molecule has 4 N–H and O–H groups in total. The largest absolute Gasteiger partial charge is 0.505 e. The summed E-state index contributed by atoms with van der Waals surface area (Å²) in [5, 5.41) is 9.71. The van der Waals surface area contributed by atoms with Crippen LogP contribution in [0.5, 0.6) is 11.5 Å². The number of nitrogens with two attached hydrogens (primary N) is 1. The molecule has 37 heavy (non-hydrogen) atoms. The second-order valence-electron chi connectivity index (χ2n) is 7.75. The summed E-state index contributed by atoms with van der Waals surface area (Å²) in [6.07, 6.45) is -0.221. The molecule has 9 nitrogen and oxygen atoms in total. The quantitative estimate of drug-likeness (QED) is 0.264. The molecule has 0 saturated heterocycles. The monoisotopic (exact) mass is 554 g/mol. The van der Waals surface area contributed by atoms with E-state index in [1.165, 1.54) is 18.2 Å². The molecule has 13 heteroatoms. The average Bonchev–Trinajstić information content (AvgIpc) is 2.86. The number of anilines is 1. The Balaban J connectivity index is 2.17. The number of carbonyl (C=O) groups excluding carboxylic acids is 2. The van der Waals surface area contributed by atoms with Crippen LogP contribution >= 0.6 is 11.6 Å². The van der Waals surface area contributed by atoms with Gasteiger partial charge in [-0.25, -0.2) is 22.0 Å². The van der Waals surface area contributed by atoms with Gasteiger partial charge in [-0.3, -0.25) is 9.52 Å². The van der Waals surface area contributed by atoms with Crippen molar-refractivity contribution in [3.05, 3.63) is 70.2 Å². The molecule has 3 aromatic rings. The number of phenolic OH excluding ortho intramolecular Hbond substituents is 1. The molecule has 1 atom stereocenters. The zero-order chi connectivity index (χ0) is 27.5. The molecule has 0 bridgehead atoms. The van der Waals surface area contributed by atoms with Gasteiger partial charge in [0.2, 0.25) is 0 Å². The fraction of sp³-hybridized carbons (Fsp3) is 0.167. The molecule has 0 aliphatic carbocycles. The number of sulfonamides is 1. The Morgan fingerprint density at radius 1 is 1.16 bits per heavy atom. The minimum atomic E-state index is -4.72. The number of aldehydes is 1. The van der Waals surface area contributed by atoms with Gasteiger partial charge in [0.1, 0.15) is 34.7 Å². The second-order valence-corrected chi connectivity index (χ2v) is 9.81. The van der Waals surface area contributed by atoms with Crippen molar-refractivity contribution >= 4 is 39.6 Å². The number of carbonyl (C=O) groups is 2. The Morgan fingerprint density at radius 2 is 1.86 bits per heavy atom. The van der Waals surface area contributed by atoms with Crippen molar-refractivity contribution in [3.63, 3.8) is 0 Å². The summed E-state index contributed by atoms with van der Waals surface area (Å²) in [7, 11) is -3.57. The molecule has 0 amide bonds. The fourth-order valence-corrected chi connectivity index (χ4v) is 4.75. The van der Waals surface area contributed by atoms with Crippen LogP contribution in [0.25, 0.3) is 11.1 Å². The van der Waals surface area contributed by atoms with Crippen LogP contribution < -0.4 is 15.2 Å². The van der Waals surface area contributed by atoms with Crippen LogP contribution in [-0.4, -0.2) is 45.5 Å². The zero-order valence-corrected chi connectivity index (χ0v) is 21.0. The zero-order valence-electron chi connectivity index (χ0n) is 19.4. The molecule has 3 rings (SSSR count). The van der Waals surface area contributed by atoms with Crippen LogP contribution in [0.2, 0.25) is 5.02 Å². The van der Waals surface area contributed by atoms with Gasteiger partial charge in [-0.2, -0.15) is 0 Å². The Morgan fingerprint density at radius 3 is 2.49 bits per heavy atom. The van der Waals surface area contributed by atoms with Crippen LogP contribution in [0.4, 0.5) is 14.5 Å². The van der Waals surface area contributed by atoms with E-state index < -0.39 is 55.1 Å². The Labute approximate surface area is 215 Å². The number of methoxy groups -OCH3 is 1. The van der Waals surface area contributed by atoms with E-state index >= 15 is 0 Å². The first-order valence-corrected chi connectivity index (χ1v) is 12.4. The van der Waals surface area contributed by atoms with Gasteiger partial charge in [-0.1, -0.05) is 11.6 Å². The van der Waals surface area contributed by atoms with Gasteiger partial charge in [-0.05, 0) is 43.3 Å². The van der Waals surface area contributed by atoms with E-state index in [9.17, 15) is 31.9 Å². The van der Waals surface area contributed by atoms with Gasteiger partial charge in [0, 0.05) is 29.3 Å². The number of aromatic hydroxyl groups is 1. The highest BCUT2D eigenvalue weighted by molar-refractivity contribution is 7.92. The number of hydrogen-bond donors (Lipinski definition) is 3.